The third kappa shape index (κ3) is 5.11. The molecule has 1 saturated heterocycles. The van der Waals surface area contributed by atoms with E-state index in [9.17, 15) is 5.11 Å². The maximum Gasteiger partial charge on any atom is 0.223 e. The van der Waals surface area contributed by atoms with Crippen LogP contribution in [-0.4, -0.2) is 52.2 Å². The van der Waals surface area contributed by atoms with Gasteiger partial charge in [0.15, 0.2) is 0 Å². The normalized spacial score (nSPS) is 16.4. The second-order valence-electron chi connectivity index (χ2n) is 9.30. The first kappa shape index (κ1) is 24.4. The molecule has 8 heteroatoms. The Bertz CT molecular complexity index is 1300. The van der Waals surface area contributed by atoms with Crippen molar-refractivity contribution in [3.8, 4) is 27.6 Å². The van der Waals surface area contributed by atoms with Crippen molar-refractivity contribution in [2.75, 3.05) is 32.6 Å². The Labute approximate surface area is 215 Å². The van der Waals surface area contributed by atoms with Crippen LogP contribution in [0.4, 0.5) is 5.95 Å². The monoisotopic (exact) mass is 501 g/mol. The Balaban J connectivity index is 1.52. The number of benzene rings is 2. The summed E-state index contributed by atoms with van der Waals surface area (Å²) in [7, 11) is 3.74. The van der Waals surface area contributed by atoms with Gasteiger partial charge in [-0.3, -0.25) is 0 Å². The molecule has 7 nitrogen and oxygen atoms in total. The standard InChI is InChI=1S/C28H31N5O2S/c1-19(20-7-5-4-6-8-20)30-27-29-16-13-23(31-27)25-24(21-9-11-22(35-3)12-10-21)32-26(36-25)28(34)14-17-33(2)18-15-28/h4-13,16,19,34H,14-15,17-18H2,1-3H3,(H,29,30,31)/t19-/m0/s1. The van der Waals surface area contributed by atoms with E-state index < -0.39 is 5.60 Å². The van der Waals surface area contributed by atoms with Gasteiger partial charge in [0.25, 0.3) is 0 Å². The maximum absolute atomic E-state index is 11.5. The third-order valence-electron chi connectivity index (χ3n) is 6.74. The van der Waals surface area contributed by atoms with Crippen molar-refractivity contribution in [2.24, 2.45) is 0 Å². The molecular formula is C28H31N5O2S. The number of likely N-dealkylation sites (tertiary alicyclic amines) is 1. The first-order chi connectivity index (χ1) is 17.4. The molecule has 0 amide bonds. The fourth-order valence-electron chi connectivity index (χ4n) is 4.41. The smallest absolute Gasteiger partial charge is 0.223 e. The number of piperidine rings is 1. The highest BCUT2D eigenvalue weighted by atomic mass is 32.1. The molecule has 0 unspecified atom stereocenters. The van der Waals surface area contributed by atoms with E-state index in [1.807, 2.05) is 48.5 Å². The van der Waals surface area contributed by atoms with Gasteiger partial charge in [-0.2, -0.15) is 0 Å². The summed E-state index contributed by atoms with van der Waals surface area (Å²) in [5.74, 6) is 1.34. The maximum atomic E-state index is 11.5. The lowest BCUT2D eigenvalue weighted by molar-refractivity contribution is -0.0203. The van der Waals surface area contributed by atoms with Crippen molar-refractivity contribution >= 4 is 17.3 Å². The molecule has 2 aromatic heterocycles. The van der Waals surface area contributed by atoms with Crippen LogP contribution in [0.1, 0.15) is 36.4 Å². The number of rotatable bonds is 7. The van der Waals surface area contributed by atoms with Gasteiger partial charge in [-0.25, -0.2) is 15.0 Å². The van der Waals surface area contributed by atoms with Crippen molar-refractivity contribution in [3.05, 3.63) is 77.4 Å². The first-order valence-electron chi connectivity index (χ1n) is 12.2. The Kier molecular flexibility index (Phi) is 7.00. The number of hydrogen-bond acceptors (Lipinski definition) is 8. The second kappa shape index (κ2) is 10.3. The van der Waals surface area contributed by atoms with E-state index in [0.717, 1.165) is 51.2 Å². The van der Waals surface area contributed by atoms with E-state index in [2.05, 4.69) is 41.3 Å². The Morgan fingerprint density at radius 3 is 2.44 bits per heavy atom. The van der Waals surface area contributed by atoms with Crippen LogP contribution in [-0.2, 0) is 5.60 Å². The molecule has 186 valence electrons. The summed E-state index contributed by atoms with van der Waals surface area (Å²) in [6.45, 7) is 3.76. The van der Waals surface area contributed by atoms with Gasteiger partial charge >= 0.3 is 0 Å². The zero-order valence-corrected chi connectivity index (χ0v) is 21.6. The number of nitrogens with one attached hydrogen (secondary N) is 1. The molecule has 1 aliphatic heterocycles. The van der Waals surface area contributed by atoms with Gasteiger partial charge in [0.2, 0.25) is 5.95 Å². The molecule has 4 aromatic rings. The fourth-order valence-corrected chi connectivity index (χ4v) is 5.62. The number of methoxy groups -OCH3 is 1. The quantitative estimate of drug-likeness (QED) is 0.353. The van der Waals surface area contributed by atoms with Crippen LogP contribution in [0, 0.1) is 0 Å². The predicted octanol–water partition coefficient (Wildman–Crippen LogP) is 5.36. The van der Waals surface area contributed by atoms with Crippen molar-refractivity contribution in [2.45, 2.75) is 31.4 Å². The summed E-state index contributed by atoms with van der Waals surface area (Å²) < 4.78 is 5.34. The summed E-state index contributed by atoms with van der Waals surface area (Å²) in [4.78, 5) is 17.5. The molecule has 2 aromatic carbocycles. The van der Waals surface area contributed by atoms with Crippen LogP contribution < -0.4 is 10.1 Å². The average Bonchev–Trinajstić information content (AvgIpc) is 3.38. The summed E-state index contributed by atoms with van der Waals surface area (Å²) in [6, 6.07) is 20.0. The van der Waals surface area contributed by atoms with Crippen LogP contribution in [0.3, 0.4) is 0 Å². The van der Waals surface area contributed by atoms with Gasteiger partial charge in [0, 0.05) is 24.8 Å². The molecule has 0 saturated carbocycles. The van der Waals surface area contributed by atoms with Crippen molar-refractivity contribution < 1.29 is 9.84 Å². The molecule has 3 heterocycles. The molecule has 1 fully saturated rings. The summed E-state index contributed by atoms with van der Waals surface area (Å²) in [6.07, 6.45) is 3.08. The Morgan fingerprint density at radius 2 is 1.75 bits per heavy atom. The minimum atomic E-state index is -0.938. The van der Waals surface area contributed by atoms with Gasteiger partial charge in [0.05, 0.1) is 29.4 Å². The van der Waals surface area contributed by atoms with E-state index in [1.165, 1.54) is 11.3 Å². The van der Waals surface area contributed by atoms with Crippen LogP contribution in [0.25, 0.3) is 21.8 Å². The van der Waals surface area contributed by atoms with Crippen molar-refractivity contribution in [1.82, 2.24) is 19.9 Å². The molecule has 1 atom stereocenters. The van der Waals surface area contributed by atoms with E-state index in [4.69, 9.17) is 14.7 Å². The molecule has 0 aliphatic carbocycles. The number of aliphatic hydroxyl groups is 1. The lowest BCUT2D eigenvalue weighted by Crippen LogP contribution is -2.40. The zero-order valence-electron chi connectivity index (χ0n) is 20.8. The lowest BCUT2D eigenvalue weighted by atomic mass is 9.92. The topological polar surface area (TPSA) is 83.4 Å². The number of hydrogen-bond donors (Lipinski definition) is 2. The summed E-state index contributed by atoms with van der Waals surface area (Å²) >= 11 is 1.52. The molecule has 5 rings (SSSR count). The van der Waals surface area contributed by atoms with Crippen LogP contribution in [0.5, 0.6) is 5.75 Å². The largest absolute Gasteiger partial charge is 0.497 e. The minimum Gasteiger partial charge on any atom is -0.497 e. The van der Waals surface area contributed by atoms with Gasteiger partial charge in [-0.1, -0.05) is 30.3 Å². The molecule has 36 heavy (non-hydrogen) atoms. The third-order valence-corrected chi connectivity index (χ3v) is 8.01. The number of anilines is 1. The van der Waals surface area contributed by atoms with Gasteiger partial charge in [0.1, 0.15) is 16.4 Å². The fraction of sp³-hybridized carbons (Fsp3) is 0.321. The van der Waals surface area contributed by atoms with Crippen LogP contribution in [0.2, 0.25) is 0 Å². The highest BCUT2D eigenvalue weighted by Gasteiger charge is 2.37. The average molecular weight is 502 g/mol. The van der Waals surface area contributed by atoms with E-state index in [0.29, 0.717) is 18.8 Å². The number of aromatic nitrogens is 3. The summed E-state index contributed by atoms with van der Waals surface area (Å²) in [5.41, 5.74) is 2.77. The first-order valence-corrected chi connectivity index (χ1v) is 13.0. The van der Waals surface area contributed by atoms with E-state index in [-0.39, 0.29) is 6.04 Å². The molecule has 0 bridgehead atoms. The van der Waals surface area contributed by atoms with E-state index >= 15 is 0 Å². The number of ether oxygens (including phenoxy) is 1. The molecule has 2 N–H and O–H groups in total. The predicted molar refractivity (Wildman–Crippen MR) is 144 cm³/mol. The molecular weight excluding hydrogens is 470 g/mol. The van der Waals surface area contributed by atoms with Crippen molar-refractivity contribution in [3.63, 3.8) is 0 Å². The zero-order chi connectivity index (χ0) is 25.1. The summed E-state index contributed by atoms with van der Waals surface area (Å²) in [5, 5.41) is 15.7. The Morgan fingerprint density at radius 1 is 1.03 bits per heavy atom. The Hall–Kier alpha value is -3.33. The van der Waals surface area contributed by atoms with E-state index in [1.54, 1.807) is 13.3 Å². The van der Waals surface area contributed by atoms with Crippen LogP contribution in [0.15, 0.2) is 66.9 Å². The van der Waals surface area contributed by atoms with Gasteiger partial charge in [-0.05, 0) is 62.7 Å². The SMILES string of the molecule is COc1ccc(-c2nc(C3(O)CCN(C)CC3)sc2-c2ccnc(N[C@@H](C)c3ccccc3)n2)cc1. The number of thiazole rings is 1. The van der Waals surface area contributed by atoms with Gasteiger partial charge in [-0.15, -0.1) is 11.3 Å². The highest BCUT2D eigenvalue weighted by molar-refractivity contribution is 7.15. The van der Waals surface area contributed by atoms with Crippen molar-refractivity contribution in [1.29, 1.82) is 0 Å². The second-order valence-corrected chi connectivity index (χ2v) is 10.3. The van der Waals surface area contributed by atoms with Gasteiger partial charge < -0.3 is 20.1 Å². The highest BCUT2D eigenvalue weighted by Crippen LogP contribution is 2.43. The molecule has 1 aliphatic rings. The minimum absolute atomic E-state index is 0.0551. The molecule has 0 spiro atoms. The number of nitrogens with zero attached hydrogens (tertiary/aromatic N) is 4. The lowest BCUT2D eigenvalue weighted by Gasteiger charge is -2.34. The van der Waals surface area contributed by atoms with Crippen LogP contribution >= 0.6 is 11.3 Å². The molecule has 0 radical (unpaired) electrons.